The molecule has 2 aromatic rings. The maximum absolute atomic E-state index is 11.9. The third kappa shape index (κ3) is 1.54. The molecule has 0 aliphatic heterocycles. The van der Waals surface area contributed by atoms with E-state index in [0.29, 0.717) is 11.0 Å². The molecule has 0 saturated heterocycles. The van der Waals surface area contributed by atoms with Gasteiger partial charge in [0.2, 0.25) is 10.0 Å². The molecule has 6 nitrogen and oxygen atoms in total. The first-order chi connectivity index (χ1) is 7.43. The fourth-order valence-electron chi connectivity index (χ4n) is 1.44. The van der Waals surface area contributed by atoms with Gasteiger partial charge in [-0.2, -0.15) is 0 Å². The number of hydrogen-bond acceptors (Lipinski definition) is 3. The van der Waals surface area contributed by atoms with Crippen molar-refractivity contribution < 1.29 is 8.42 Å². The summed E-state index contributed by atoms with van der Waals surface area (Å²) in [6.07, 6.45) is 0. The van der Waals surface area contributed by atoms with Crippen LogP contribution in [0.15, 0.2) is 27.9 Å². The Hall–Kier alpha value is -1.60. The molecule has 0 atom stereocenters. The van der Waals surface area contributed by atoms with Gasteiger partial charge in [0.25, 0.3) is 0 Å². The van der Waals surface area contributed by atoms with Gasteiger partial charge < -0.3 is 9.97 Å². The van der Waals surface area contributed by atoms with Crippen LogP contribution >= 0.6 is 0 Å². The summed E-state index contributed by atoms with van der Waals surface area (Å²) >= 11 is 0. The van der Waals surface area contributed by atoms with Crippen molar-refractivity contribution in [2.45, 2.75) is 4.90 Å². The lowest BCUT2D eigenvalue weighted by Crippen LogP contribution is -2.22. The number of imidazole rings is 1. The van der Waals surface area contributed by atoms with Gasteiger partial charge in [-0.3, -0.25) is 0 Å². The highest BCUT2D eigenvalue weighted by atomic mass is 32.2. The number of nitrogens with zero attached hydrogens (tertiary/aromatic N) is 1. The average Bonchev–Trinajstić information content (AvgIpc) is 2.56. The SMILES string of the molecule is CN(C)S(=O)(=O)c1cccc2[nH]c(=O)[nH]c12. The molecule has 1 heterocycles. The van der Waals surface area contributed by atoms with Crippen LogP contribution in [0.4, 0.5) is 0 Å². The predicted octanol–water partition coefficient (Wildman–Crippen LogP) is 0.107. The Morgan fingerprint density at radius 3 is 2.50 bits per heavy atom. The van der Waals surface area contributed by atoms with E-state index in [2.05, 4.69) is 9.97 Å². The van der Waals surface area contributed by atoms with Gasteiger partial charge in [-0.25, -0.2) is 17.5 Å². The number of aromatic nitrogens is 2. The molecule has 0 radical (unpaired) electrons. The van der Waals surface area contributed by atoms with Crippen LogP contribution in [-0.4, -0.2) is 36.8 Å². The zero-order valence-corrected chi connectivity index (χ0v) is 9.63. The number of H-pyrrole nitrogens is 2. The molecule has 0 unspecified atom stereocenters. The second-order valence-electron chi connectivity index (χ2n) is 3.55. The molecule has 7 heteroatoms. The van der Waals surface area contributed by atoms with Crippen LogP contribution in [0.5, 0.6) is 0 Å². The molecule has 0 amide bonds. The lowest BCUT2D eigenvalue weighted by atomic mass is 10.3. The zero-order chi connectivity index (χ0) is 11.9. The van der Waals surface area contributed by atoms with E-state index in [1.165, 1.54) is 20.2 Å². The largest absolute Gasteiger partial charge is 0.323 e. The summed E-state index contributed by atoms with van der Waals surface area (Å²) in [5.74, 6) is 0. The number of para-hydroxylation sites is 1. The average molecular weight is 241 g/mol. The van der Waals surface area contributed by atoms with E-state index in [0.717, 1.165) is 4.31 Å². The zero-order valence-electron chi connectivity index (χ0n) is 8.81. The van der Waals surface area contributed by atoms with Crippen LogP contribution in [0.3, 0.4) is 0 Å². The third-order valence-corrected chi connectivity index (χ3v) is 4.13. The second kappa shape index (κ2) is 3.46. The van der Waals surface area contributed by atoms with Crippen LogP contribution in [0.25, 0.3) is 11.0 Å². The van der Waals surface area contributed by atoms with E-state index in [-0.39, 0.29) is 4.90 Å². The van der Waals surface area contributed by atoms with E-state index in [1.807, 2.05) is 0 Å². The minimum Gasteiger partial charge on any atom is -0.306 e. The molecular formula is C9H11N3O3S. The van der Waals surface area contributed by atoms with Crippen LogP contribution in [0, 0.1) is 0 Å². The first kappa shape index (κ1) is 10.9. The number of aromatic amines is 2. The number of fused-ring (bicyclic) bond motifs is 1. The van der Waals surface area contributed by atoms with Gasteiger partial charge in [0.05, 0.1) is 11.0 Å². The van der Waals surface area contributed by atoms with Gasteiger partial charge in [-0.1, -0.05) is 6.07 Å². The van der Waals surface area contributed by atoms with Gasteiger partial charge >= 0.3 is 5.69 Å². The second-order valence-corrected chi connectivity index (χ2v) is 5.67. The smallest absolute Gasteiger partial charge is 0.306 e. The predicted molar refractivity (Wildman–Crippen MR) is 59.8 cm³/mol. The molecule has 0 saturated carbocycles. The molecule has 0 fully saturated rings. The number of rotatable bonds is 2. The monoisotopic (exact) mass is 241 g/mol. The first-order valence-electron chi connectivity index (χ1n) is 4.56. The van der Waals surface area contributed by atoms with Crippen molar-refractivity contribution >= 4 is 21.1 Å². The fourth-order valence-corrected chi connectivity index (χ4v) is 2.51. The Labute approximate surface area is 92.0 Å². The van der Waals surface area contributed by atoms with Crippen molar-refractivity contribution in [3.63, 3.8) is 0 Å². The minimum atomic E-state index is -3.55. The van der Waals surface area contributed by atoms with Gasteiger partial charge in [-0.15, -0.1) is 0 Å². The standard InChI is InChI=1S/C9H11N3O3S/c1-12(2)16(14,15)7-5-3-4-6-8(7)11-9(13)10-6/h3-5H,1-2H3,(H2,10,11,13). The quantitative estimate of drug-likeness (QED) is 0.782. The lowest BCUT2D eigenvalue weighted by Gasteiger charge is -2.11. The molecule has 0 aliphatic rings. The highest BCUT2D eigenvalue weighted by Crippen LogP contribution is 2.20. The summed E-state index contributed by atoms with van der Waals surface area (Å²) in [7, 11) is -0.660. The number of benzene rings is 1. The maximum Gasteiger partial charge on any atom is 0.323 e. The van der Waals surface area contributed by atoms with Crippen molar-refractivity contribution in [1.29, 1.82) is 0 Å². The number of sulfonamides is 1. The number of nitrogens with one attached hydrogen (secondary N) is 2. The van der Waals surface area contributed by atoms with Crippen LogP contribution in [0.1, 0.15) is 0 Å². The van der Waals surface area contributed by atoms with Gasteiger partial charge in [-0.05, 0) is 12.1 Å². The molecule has 2 N–H and O–H groups in total. The normalized spacial score (nSPS) is 12.4. The molecule has 1 aromatic carbocycles. The molecule has 16 heavy (non-hydrogen) atoms. The van der Waals surface area contributed by atoms with E-state index in [1.54, 1.807) is 12.1 Å². The molecule has 0 aliphatic carbocycles. The molecule has 86 valence electrons. The van der Waals surface area contributed by atoms with Gasteiger partial charge in [0.15, 0.2) is 0 Å². The molecule has 2 rings (SSSR count). The fraction of sp³-hybridized carbons (Fsp3) is 0.222. The van der Waals surface area contributed by atoms with Crippen molar-refractivity contribution in [3.8, 4) is 0 Å². The van der Waals surface area contributed by atoms with Crippen molar-refractivity contribution in [2.24, 2.45) is 0 Å². The summed E-state index contributed by atoms with van der Waals surface area (Å²) in [6, 6.07) is 4.69. The molecule has 0 spiro atoms. The van der Waals surface area contributed by atoms with Crippen LogP contribution in [-0.2, 0) is 10.0 Å². The Morgan fingerprint density at radius 2 is 1.88 bits per heavy atom. The summed E-state index contributed by atoms with van der Waals surface area (Å²) in [4.78, 5) is 16.2. The molecule has 0 bridgehead atoms. The van der Waals surface area contributed by atoms with Crippen molar-refractivity contribution in [2.75, 3.05) is 14.1 Å². The molecule has 1 aromatic heterocycles. The van der Waals surface area contributed by atoms with Crippen LogP contribution < -0.4 is 5.69 Å². The third-order valence-electron chi connectivity index (χ3n) is 2.27. The molecular weight excluding hydrogens is 230 g/mol. The van der Waals surface area contributed by atoms with E-state index >= 15 is 0 Å². The first-order valence-corrected chi connectivity index (χ1v) is 6.00. The Morgan fingerprint density at radius 1 is 1.19 bits per heavy atom. The van der Waals surface area contributed by atoms with Crippen molar-refractivity contribution in [1.82, 2.24) is 14.3 Å². The Balaban J connectivity index is 2.85. The lowest BCUT2D eigenvalue weighted by molar-refractivity contribution is 0.521. The number of hydrogen-bond donors (Lipinski definition) is 2. The maximum atomic E-state index is 11.9. The van der Waals surface area contributed by atoms with E-state index in [4.69, 9.17) is 0 Å². The van der Waals surface area contributed by atoms with Gasteiger partial charge in [0, 0.05) is 14.1 Å². The summed E-state index contributed by atoms with van der Waals surface area (Å²) in [5.41, 5.74) is 0.366. The highest BCUT2D eigenvalue weighted by Gasteiger charge is 2.20. The Kier molecular flexibility index (Phi) is 2.36. The van der Waals surface area contributed by atoms with Crippen LogP contribution in [0.2, 0.25) is 0 Å². The van der Waals surface area contributed by atoms with Crippen molar-refractivity contribution in [3.05, 3.63) is 28.7 Å². The van der Waals surface area contributed by atoms with E-state index < -0.39 is 15.7 Å². The summed E-state index contributed by atoms with van der Waals surface area (Å²) < 4.78 is 25.0. The summed E-state index contributed by atoms with van der Waals surface area (Å²) in [6.45, 7) is 0. The van der Waals surface area contributed by atoms with E-state index in [9.17, 15) is 13.2 Å². The van der Waals surface area contributed by atoms with Gasteiger partial charge in [0.1, 0.15) is 4.90 Å². The summed E-state index contributed by atoms with van der Waals surface area (Å²) in [5, 5.41) is 0. The Bertz CT molecular complexity index is 681. The highest BCUT2D eigenvalue weighted by molar-refractivity contribution is 7.89. The minimum absolute atomic E-state index is 0.0911. The topological polar surface area (TPSA) is 86.0 Å².